The zero-order valence-electron chi connectivity index (χ0n) is 12.7. The molecule has 1 amide bonds. The molecule has 1 N–H and O–H groups in total. The molecule has 1 unspecified atom stereocenters. The first-order valence-electron chi connectivity index (χ1n) is 7.32. The van der Waals surface area contributed by atoms with Gasteiger partial charge in [0, 0.05) is 25.4 Å². The maximum atomic E-state index is 12.9. The van der Waals surface area contributed by atoms with Crippen molar-refractivity contribution < 1.29 is 13.9 Å². The van der Waals surface area contributed by atoms with Crippen LogP contribution < -0.4 is 10.1 Å². The number of ether oxygens (including phenoxy) is 1. The third-order valence-electron chi connectivity index (χ3n) is 3.73. The second-order valence-corrected chi connectivity index (χ2v) is 5.29. The number of halogens is 1. The first kappa shape index (κ1) is 15.2. The van der Waals surface area contributed by atoms with Crippen molar-refractivity contribution in [1.29, 1.82) is 0 Å². The molecule has 1 aliphatic rings. The van der Waals surface area contributed by atoms with Crippen LogP contribution in [0.2, 0.25) is 0 Å². The van der Waals surface area contributed by atoms with Crippen molar-refractivity contribution in [2.24, 2.45) is 0 Å². The van der Waals surface area contributed by atoms with Gasteiger partial charge in [-0.15, -0.1) is 0 Å². The van der Waals surface area contributed by atoms with Gasteiger partial charge in [0.15, 0.2) is 0 Å². The van der Waals surface area contributed by atoms with E-state index in [-0.39, 0.29) is 17.8 Å². The Bertz CT molecular complexity index is 693. The molecule has 2 heterocycles. The predicted molar refractivity (Wildman–Crippen MR) is 82.4 cm³/mol. The van der Waals surface area contributed by atoms with Crippen molar-refractivity contribution in [1.82, 2.24) is 14.9 Å². The minimum absolute atomic E-state index is 0.0132. The van der Waals surface area contributed by atoms with Crippen molar-refractivity contribution in [3.05, 3.63) is 47.9 Å². The highest BCUT2D eigenvalue weighted by atomic mass is 19.1. The number of nitrogens with zero attached hydrogens (tertiary/aromatic N) is 3. The van der Waals surface area contributed by atoms with Crippen LogP contribution in [0.4, 0.5) is 10.3 Å². The smallest absolute Gasteiger partial charge is 0.245 e. The van der Waals surface area contributed by atoms with Crippen LogP contribution in [-0.4, -0.2) is 40.5 Å². The van der Waals surface area contributed by atoms with Crippen LogP contribution in [0.5, 0.6) is 5.88 Å². The molecule has 1 saturated heterocycles. The van der Waals surface area contributed by atoms with E-state index in [9.17, 15) is 9.18 Å². The fourth-order valence-electron chi connectivity index (χ4n) is 2.52. The number of rotatable bonds is 5. The summed E-state index contributed by atoms with van der Waals surface area (Å²) in [4.78, 5) is 22.4. The molecular weight excluding hydrogens is 299 g/mol. The van der Waals surface area contributed by atoms with Gasteiger partial charge in [-0.25, -0.2) is 9.37 Å². The first-order valence-corrected chi connectivity index (χ1v) is 7.32. The summed E-state index contributed by atoms with van der Waals surface area (Å²) in [5.74, 6) is 0.513. The molecule has 120 valence electrons. The Balaban J connectivity index is 1.63. The first-order chi connectivity index (χ1) is 11.2. The summed E-state index contributed by atoms with van der Waals surface area (Å²) in [7, 11) is 1.53. The number of amides is 1. The van der Waals surface area contributed by atoms with Crippen LogP contribution in [0.1, 0.15) is 12.0 Å². The quantitative estimate of drug-likeness (QED) is 0.911. The summed E-state index contributed by atoms with van der Waals surface area (Å²) < 4.78 is 18.0. The Morgan fingerprint density at radius 2 is 2.13 bits per heavy atom. The van der Waals surface area contributed by atoms with E-state index in [1.165, 1.54) is 19.2 Å². The molecule has 1 aliphatic heterocycles. The van der Waals surface area contributed by atoms with E-state index in [0.717, 1.165) is 5.56 Å². The fourth-order valence-corrected chi connectivity index (χ4v) is 2.52. The Morgan fingerprint density at radius 1 is 1.35 bits per heavy atom. The third kappa shape index (κ3) is 3.56. The largest absolute Gasteiger partial charge is 0.481 e. The average molecular weight is 316 g/mol. The van der Waals surface area contributed by atoms with Gasteiger partial charge in [0.05, 0.1) is 7.11 Å². The van der Waals surface area contributed by atoms with E-state index >= 15 is 0 Å². The molecule has 0 spiro atoms. The molecule has 0 saturated carbocycles. The lowest BCUT2D eigenvalue weighted by Crippen LogP contribution is -2.33. The van der Waals surface area contributed by atoms with Gasteiger partial charge in [-0.3, -0.25) is 4.79 Å². The number of methoxy groups -OCH3 is 1. The van der Waals surface area contributed by atoms with Crippen molar-refractivity contribution in [3.8, 4) is 5.88 Å². The van der Waals surface area contributed by atoms with Gasteiger partial charge in [-0.2, -0.15) is 4.98 Å². The standard InChI is InChI=1S/C16H17FN4O2/c1-23-14-6-8-18-16(20-14)19-13-7-9-21(15(13)22)10-11-2-4-12(17)5-3-11/h2-6,8,13H,7,9-10H2,1H3,(H,18,19,20). The zero-order valence-corrected chi connectivity index (χ0v) is 12.7. The fraction of sp³-hybridized carbons (Fsp3) is 0.312. The van der Waals surface area contributed by atoms with E-state index in [0.29, 0.717) is 31.3 Å². The van der Waals surface area contributed by atoms with Crippen LogP contribution in [0.25, 0.3) is 0 Å². The Morgan fingerprint density at radius 3 is 2.87 bits per heavy atom. The summed E-state index contributed by atoms with van der Waals surface area (Å²) in [6, 6.07) is 7.46. The Kier molecular flexibility index (Phi) is 4.36. The monoisotopic (exact) mass is 316 g/mol. The molecule has 0 aliphatic carbocycles. The van der Waals surface area contributed by atoms with Gasteiger partial charge in [-0.05, 0) is 24.1 Å². The van der Waals surface area contributed by atoms with Crippen molar-refractivity contribution in [2.75, 3.05) is 19.0 Å². The number of carbonyl (C=O) groups is 1. The van der Waals surface area contributed by atoms with E-state index in [1.807, 2.05) is 0 Å². The Labute approximate surface area is 133 Å². The molecular formula is C16H17FN4O2. The molecule has 1 aromatic heterocycles. The van der Waals surface area contributed by atoms with Gasteiger partial charge >= 0.3 is 0 Å². The topological polar surface area (TPSA) is 67.3 Å². The number of hydrogen-bond acceptors (Lipinski definition) is 5. The average Bonchev–Trinajstić information content (AvgIpc) is 2.90. The summed E-state index contributed by atoms with van der Waals surface area (Å²) in [5.41, 5.74) is 0.901. The summed E-state index contributed by atoms with van der Waals surface area (Å²) >= 11 is 0. The maximum Gasteiger partial charge on any atom is 0.245 e. The van der Waals surface area contributed by atoms with Crippen LogP contribution in [0, 0.1) is 5.82 Å². The number of carbonyl (C=O) groups excluding carboxylic acids is 1. The highest BCUT2D eigenvalue weighted by molar-refractivity contribution is 5.86. The Hall–Kier alpha value is -2.70. The van der Waals surface area contributed by atoms with Crippen LogP contribution in [-0.2, 0) is 11.3 Å². The molecule has 1 atom stereocenters. The van der Waals surface area contributed by atoms with Crippen molar-refractivity contribution in [3.63, 3.8) is 0 Å². The third-order valence-corrected chi connectivity index (χ3v) is 3.73. The lowest BCUT2D eigenvalue weighted by molar-refractivity contribution is -0.128. The number of anilines is 1. The van der Waals surface area contributed by atoms with Crippen LogP contribution in [0.15, 0.2) is 36.5 Å². The van der Waals surface area contributed by atoms with Gasteiger partial charge in [0.1, 0.15) is 11.9 Å². The minimum atomic E-state index is -0.359. The summed E-state index contributed by atoms with van der Waals surface area (Å²) in [5, 5.41) is 3.04. The number of aromatic nitrogens is 2. The lowest BCUT2D eigenvalue weighted by atomic mass is 10.2. The highest BCUT2D eigenvalue weighted by Gasteiger charge is 2.32. The van der Waals surface area contributed by atoms with Crippen molar-refractivity contribution >= 4 is 11.9 Å². The minimum Gasteiger partial charge on any atom is -0.481 e. The molecule has 7 heteroatoms. The van der Waals surface area contributed by atoms with Gasteiger partial charge in [0.25, 0.3) is 0 Å². The molecule has 0 radical (unpaired) electrons. The van der Waals surface area contributed by atoms with E-state index in [1.54, 1.807) is 29.3 Å². The second-order valence-electron chi connectivity index (χ2n) is 5.29. The molecule has 0 bridgehead atoms. The molecule has 3 rings (SSSR count). The molecule has 23 heavy (non-hydrogen) atoms. The lowest BCUT2D eigenvalue weighted by Gasteiger charge is -2.17. The van der Waals surface area contributed by atoms with Gasteiger partial charge in [0.2, 0.25) is 17.7 Å². The normalized spacial score (nSPS) is 17.4. The molecule has 1 fully saturated rings. The molecule has 2 aromatic rings. The number of hydrogen-bond donors (Lipinski definition) is 1. The number of benzene rings is 1. The van der Waals surface area contributed by atoms with Crippen molar-refractivity contribution in [2.45, 2.75) is 19.0 Å². The molecule has 6 nitrogen and oxygen atoms in total. The van der Waals surface area contributed by atoms with E-state index in [2.05, 4.69) is 15.3 Å². The highest BCUT2D eigenvalue weighted by Crippen LogP contribution is 2.18. The number of likely N-dealkylation sites (tertiary alicyclic amines) is 1. The van der Waals surface area contributed by atoms with E-state index < -0.39 is 0 Å². The SMILES string of the molecule is COc1ccnc(NC2CCN(Cc3ccc(F)cc3)C2=O)n1. The summed E-state index contributed by atoms with van der Waals surface area (Å²) in [6.45, 7) is 1.11. The summed E-state index contributed by atoms with van der Waals surface area (Å²) in [6.07, 6.45) is 2.24. The van der Waals surface area contributed by atoms with Crippen LogP contribution >= 0.6 is 0 Å². The van der Waals surface area contributed by atoms with E-state index in [4.69, 9.17) is 4.74 Å². The van der Waals surface area contributed by atoms with Gasteiger partial charge in [-0.1, -0.05) is 12.1 Å². The van der Waals surface area contributed by atoms with Crippen LogP contribution in [0.3, 0.4) is 0 Å². The predicted octanol–water partition coefficient (Wildman–Crippen LogP) is 1.84. The molecule has 1 aromatic carbocycles. The second kappa shape index (κ2) is 6.60. The number of nitrogens with one attached hydrogen (secondary N) is 1. The maximum absolute atomic E-state index is 12.9. The van der Waals surface area contributed by atoms with Gasteiger partial charge < -0.3 is 15.0 Å². The zero-order chi connectivity index (χ0) is 16.2.